The molecule has 2 aromatic rings. The number of nitrogens with two attached hydrogens (primary N) is 1. The maximum Gasteiger partial charge on any atom is 0.301 e. The molecular weight excluding hydrogens is 272 g/mol. The Labute approximate surface area is 122 Å². The molecule has 3 N–H and O–H groups in total. The Balaban J connectivity index is 2.02. The number of carbonyl (C=O) groups is 1. The number of amides is 1. The van der Waals surface area contributed by atoms with E-state index in [1.165, 1.54) is 11.8 Å². The molecule has 0 aliphatic rings. The molecule has 5 heteroatoms. The Kier molecular flexibility index (Phi) is 4.87. The number of nitrogen functional groups attached to an aromatic ring is 1. The number of carbonyl (C=O) groups excluding carboxylic acids is 1. The van der Waals surface area contributed by atoms with Gasteiger partial charge in [0.25, 0.3) is 0 Å². The van der Waals surface area contributed by atoms with Crippen molar-refractivity contribution in [3.8, 4) is 0 Å². The number of benzene rings is 1. The summed E-state index contributed by atoms with van der Waals surface area (Å²) in [5.74, 6) is 6.19. The molecule has 0 aliphatic carbocycles. The van der Waals surface area contributed by atoms with Gasteiger partial charge in [-0.15, -0.1) is 11.8 Å². The quantitative estimate of drug-likeness (QED) is 0.384. The van der Waals surface area contributed by atoms with Crippen LogP contribution in [0.25, 0.3) is 0 Å². The highest BCUT2D eigenvalue weighted by Crippen LogP contribution is 2.26. The summed E-state index contributed by atoms with van der Waals surface area (Å²) < 4.78 is 5.15. The molecule has 4 nitrogen and oxygen atoms in total. The zero-order chi connectivity index (χ0) is 14.5. The van der Waals surface area contributed by atoms with Crippen LogP contribution >= 0.6 is 11.8 Å². The number of rotatable bonds is 5. The van der Waals surface area contributed by atoms with E-state index < -0.39 is 5.91 Å². The van der Waals surface area contributed by atoms with Crippen LogP contribution in [0.5, 0.6) is 0 Å². The molecule has 0 radical (unpaired) electrons. The van der Waals surface area contributed by atoms with Gasteiger partial charge in [-0.3, -0.25) is 10.2 Å². The number of furan rings is 1. The lowest BCUT2D eigenvalue weighted by Gasteiger charge is -2.06. The minimum atomic E-state index is -0.402. The first-order valence-electron chi connectivity index (χ1n) is 6.42. The molecule has 0 fully saturated rings. The first-order valence-corrected chi connectivity index (χ1v) is 7.40. The highest BCUT2D eigenvalue weighted by molar-refractivity contribution is 7.98. The largest absolute Gasteiger partial charge is 0.459 e. The molecule has 0 saturated heterocycles. The van der Waals surface area contributed by atoms with E-state index in [0.717, 1.165) is 10.5 Å². The van der Waals surface area contributed by atoms with Gasteiger partial charge in [0, 0.05) is 16.2 Å². The average molecular weight is 290 g/mol. The van der Waals surface area contributed by atoms with E-state index >= 15 is 0 Å². The Hall–Kier alpha value is -1.72. The zero-order valence-electron chi connectivity index (χ0n) is 11.6. The summed E-state index contributed by atoms with van der Waals surface area (Å²) in [4.78, 5) is 12.6. The van der Waals surface area contributed by atoms with Gasteiger partial charge < -0.3 is 4.42 Å². The lowest BCUT2D eigenvalue weighted by molar-refractivity contribution is 0.0925. The second-order valence-corrected chi connectivity index (χ2v) is 5.81. The van der Waals surface area contributed by atoms with Gasteiger partial charge in [0.1, 0.15) is 0 Å². The summed E-state index contributed by atoms with van der Waals surface area (Å²) in [7, 11) is 0. The topological polar surface area (TPSA) is 68.3 Å². The zero-order valence-corrected chi connectivity index (χ0v) is 12.4. The van der Waals surface area contributed by atoms with Crippen molar-refractivity contribution in [1.82, 2.24) is 5.43 Å². The second kappa shape index (κ2) is 6.63. The third-order valence-corrected chi connectivity index (χ3v) is 4.09. The molecule has 0 atom stereocenters. The standard InChI is InChI=1S/C15H18N2O2S/c1-10(2)11-3-5-13(6-4-11)20-9-12-7-8-19-14(12)15(18)17-16/h3-8,10H,9,16H2,1-2H3,(H,17,18). The first kappa shape index (κ1) is 14.7. The number of nitrogens with one attached hydrogen (secondary N) is 1. The average Bonchev–Trinajstić information content (AvgIpc) is 2.93. The van der Waals surface area contributed by atoms with Crippen molar-refractivity contribution in [3.05, 3.63) is 53.5 Å². The maximum absolute atomic E-state index is 11.5. The second-order valence-electron chi connectivity index (χ2n) is 4.76. The van der Waals surface area contributed by atoms with Crippen LogP contribution < -0.4 is 11.3 Å². The van der Waals surface area contributed by atoms with Crippen molar-refractivity contribution < 1.29 is 9.21 Å². The van der Waals surface area contributed by atoms with E-state index in [4.69, 9.17) is 10.3 Å². The summed E-state index contributed by atoms with van der Waals surface area (Å²) in [5, 5.41) is 0. The van der Waals surface area contributed by atoms with E-state index in [2.05, 4.69) is 43.5 Å². The monoisotopic (exact) mass is 290 g/mol. The molecular formula is C15H18N2O2S. The number of hydrogen-bond acceptors (Lipinski definition) is 4. The molecule has 0 spiro atoms. The van der Waals surface area contributed by atoms with E-state index in [-0.39, 0.29) is 5.76 Å². The fourth-order valence-corrected chi connectivity index (χ4v) is 2.70. The third kappa shape index (κ3) is 3.43. The lowest BCUT2D eigenvalue weighted by atomic mass is 10.0. The van der Waals surface area contributed by atoms with E-state index in [9.17, 15) is 4.79 Å². The van der Waals surface area contributed by atoms with E-state index in [1.54, 1.807) is 17.8 Å². The molecule has 1 heterocycles. The van der Waals surface area contributed by atoms with Crippen molar-refractivity contribution in [2.45, 2.75) is 30.4 Å². The Morgan fingerprint density at radius 1 is 1.30 bits per heavy atom. The van der Waals surface area contributed by atoms with Gasteiger partial charge in [-0.25, -0.2) is 5.84 Å². The minimum absolute atomic E-state index is 0.277. The van der Waals surface area contributed by atoms with Crippen molar-refractivity contribution in [2.24, 2.45) is 5.84 Å². The highest BCUT2D eigenvalue weighted by Gasteiger charge is 2.14. The van der Waals surface area contributed by atoms with Crippen molar-refractivity contribution in [2.75, 3.05) is 0 Å². The van der Waals surface area contributed by atoms with Crippen LogP contribution in [-0.2, 0) is 5.75 Å². The van der Waals surface area contributed by atoms with Gasteiger partial charge in [-0.2, -0.15) is 0 Å². The van der Waals surface area contributed by atoms with Crippen molar-refractivity contribution in [3.63, 3.8) is 0 Å². The normalized spacial score (nSPS) is 10.8. The van der Waals surface area contributed by atoms with Crippen LogP contribution in [0.1, 0.15) is 41.4 Å². The fourth-order valence-electron chi connectivity index (χ4n) is 1.82. The van der Waals surface area contributed by atoms with Gasteiger partial charge in [0.2, 0.25) is 0 Å². The van der Waals surface area contributed by atoms with Crippen LogP contribution in [-0.4, -0.2) is 5.91 Å². The summed E-state index contributed by atoms with van der Waals surface area (Å²) in [6.07, 6.45) is 1.50. The predicted octanol–water partition coefficient (Wildman–Crippen LogP) is 3.30. The molecule has 1 aromatic carbocycles. The third-order valence-electron chi connectivity index (χ3n) is 3.03. The van der Waals surface area contributed by atoms with Gasteiger partial charge in [-0.1, -0.05) is 26.0 Å². The summed E-state index contributed by atoms with van der Waals surface area (Å²) >= 11 is 1.66. The number of thioether (sulfide) groups is 1. The molecule has 0 unspecified atom stereocenters. The maximum atomic E-state index is 11.5. The molecule has 20 heavy (non-hydrogen) atoms. The van der Waals surface area contributed by atoms with Crippen molar-refractivity contribution in [1.29, 1.82) is 0 Å². The molecule has 1 amide bonds. The molecule has 0 saturated carbocycles. The fraction of sp³-hybridized carbons (Fsp3) is 0.267. The molecule has 2 rings (SSSR count). The highest BCUT2D eigenvalue weighted by atomic mass is 32.2. The lowest BCUT2D eigenvalue weighted by Crippen LogP contribution is -2.30. The van der Waals surface area contributed by atoms with Crippen LogP contribution in [0, 0.1) is 0 Å². The van der Waals surface area contributed by atoms with Gasteiger partial charge in [0.05, 0.1) is 6.26 Å². The first-order chi connectivity index (χ1) is 9.61. The van der Waals surface area contributed by atoms with Crippen LogP contribution in [0.3, 0.4) is 0 Å². The van der Waals surface area contributed by atoms with Crippen molar-refractivity contribution >= 4 is 17.7 Å². The predicted molar refractivity (Wildman–Crippen MR) is 80.5 cm³/mol. The summed E-state index contributed by atoms with van der Waals surface area (Å²) in [5.41, 5.74) is 4.24. The van der Waals surface area contributed by atoms with E-state index in [0.29, 0.717) is 11.7 Å². The minimum Gasteiger partial charge on any atom is -0.459 e. The van der Waals surface area contributed by atoms with Gasteiger partial charge in [-0.05, 0) is 29.7 Å². The Bertz CT molecular complexity index is 576. The van der Waals surface area contributed by atoms with Crippen LogP contribution in [0.2, 0.25) is 0 Å². The molecule has 106 valence electrons. The summed E-state index contributed by atoms with van der Waals surface area (Å²) in [6, 6.07) is 10.3. The SMILES string of the molecule is CC(C)c1ccc(SCc2ccoc2C(=O)NN)cc1. The van der Waals surface area contributed by atoms with Crippen LogP contribution in [0.15, 0.2) is 45.9 Å². The molecule has 1 aromatic heterocycles. The Morgan fingerprint density at radius 2 is 2.00 bits per heavy atom. The van der Waals surface area contributed by atoms with Gasteiger partial charge >= 0.3 is 5.91 Å². The van der Waals surface area contributed by atoms with Gasteiger partial charge in [0.15, 0.2) is 5.76 Å². The smallest absolute Gasteiger partial charge is 0.301 e. The Morgan fingerprint density at radius 3 is 2.60 bits per heavy atom. The molecule has 0 aliphatic heterocycles. The summed E-state index contributed by atoms with van der Waals surface area (Å²) in [6.45, 7) is 4.34. The number of hydrogen-bond donors (Lipinski definition) is 2. The molecule has 0 bridgehead atoms. The van der Waals surface area contributed by atoms with E-state index in [1.807, 2.05) is 0 Å². The van der Waals surface area contributed by atoms with Crippen LogP contribution in [0.4, 0.5) is 0 Å². The number of hydrazine groups is 1.